The SMILES string of the molecule is CCOc1ccccc1NC(=O)c1csc2c1CCC(C(C)(C)C)C2. The molecule has 3 nitrogen and oxygen atoms in total. The number of anilines is 1. The second-order valence-electron chi connectivity index (χ2n) is 7.74. The van der Waals surface area contributed by atoms with E-state index >= 15 is 0 Å². The number of hydrogen-bond acceptors (Lipinski definition) is 3. The highest BCUT2D eigenvalue weighted by atomic mass is 32.1. The number of carbonyl (C=O) groups is 1. The van der Waals surface area contributed by atoms with Crippen LogP contribution in [0.3, 0.4) is 0 Å². The molecule has 0 bridgehead atoms. The molecule has 0 fully saturated rings. The van der Waals surface area contributed by atoms with Crippen molar-refractivity contribution in [2.24, 2.45) is 11.3 Å². The number of nitrogens with one attached hydrogen (secondary N) is 1. The van der Waals surface area contributed by atoms with Crippen molar-refractivity contribution in [3.8, 4) is 5.75 Å². The third kappa shape index (κ3) is 3.90. The fourth-order valence-corrected chi connectivity index (χ4v) is 4.64. The Kier molecular flexibility index (Phi) is 5.19. The minimum Gasteiger partial charge on any atom is -0.492 e. The standard InChI is InChI=1S/C21H27NO2S/c1-5-24-18-9-7-6-8-17(18)22-20(23)16-13-25-19-12-14(21(2,3)4)10-11-15(16)19/h6-9,13-14H,5,10-12H2,1-4H3,(H,22,23). The van der Waals surface area contributed by atoms with Crippen molar-refractivity contribution >= 4 is 22.9 Å². The average Bonchev–Trinajstić information content (AvgIpc) is 2.99. The Morgan fingerprint density at radius 1 is 1.32 bits per heavy atom. The summed E-state index contributed by atoms with van der Waals surface area (Å²) in [5.74, 6) is 1.38. The van der Waals surface area contributed by atoms with E-state index in [1.165, 1.54) is 10.4 Å². The highest BCUT2D eigenvalue weighted by molar-refractivity contribution is 7.10. The third-order valence-electron chi connectivity index (χ3n) is 5.06. The molecule has 1 aliphatic carbocycles. The van der Waals surface area contributed by atoms with E-state index in [2.05, 4.69) is 26.1 Å². The second-order valence-corrected chi connectivity index (χ2v) is 8.70. The molecule has 1 atom stereocenters. The first-order chi connectivity index (χ1) is 11.9. The van der Waals surface area contributed by atoms with Gasteiger partial charge in [-0.15, -0.1) is 11.3 Å². The maximum atomic E-state index is 12.8. The molecule has 2 aromatic rings. The summed E-state index contributed by atoms with van der Waals surface area (Å²) in [7, 11) is 0. The summed E-state index contributed by atoms with van der Waals surface area (Å²) < 4.78 is 5.61. The third-order valence-corrected chi connectivity index (χ3v) is 6.11. The van der Waals surface area contributed by atoms with Crippen LogP contribution >= 0.6 is 11.3 Å². The summed E-state index contributed by atoms with van der Waals surface area (Å²) in [6.07, 6.45) is 3.24. The Balaban J connectivity index is 1.78. The molecule has 0 saturated carbocycles. The van der Waals surface area contributed by atoms with Gasteiger partial charge in [0.25, 0.3) is 5.91 Å². The van der Waals surface area contributed by atoms with E-state index in [0.717, 1.165) is 36.3 Å². The topological polar surface area (TPSA) is 38.3 Å². The lowest BCUT2D eigenvalue weighted by Crippen LogP contribution is -2.27. The number of amides is 1. The Labute approximate surface area is 154 Å². The average molecular weight is 358 g/mol. The molecule has 1 amide bonds. The molecule has 1 aromatic heterocycles. The summed E-state index contributed by atoms with van der Waals surface area (Å²) in [4.78, 5) is 14.2. The smallest absolute Gasteiger partial charge is 0.256 e. The van der Waals surface area contributed by atoms with Crippen molar-refractivity contribution < 1.29 is 9.53 Å². The summed E-state index contributed by atoms with van der Waals surface area (Å²) in [6, 6.07) is 7.60. The van der Waals surface area contributed by atoms with Crippen molar-refractivity contribution in [2.45, 2.75) is 47.0 Å². The number of fused-ring (bicyclic) bond motifs is 1. The Morgan fingerprint density at radius 3 is 2.80 bits per heavy atom. The van der Waals surface area contributed by atoms with Crippen molar-refractivity contribution in [3.05, 3.63) is 45.6 Å². The monoisotopic (exact) mass is 357 g/mol. The Morgan fingerprint density at radius 2 is 2.08 bits per heavy atom. The van der Waals surface area contributed by atoms with Crippen LogP contribution in [0.15, 0.2) is 29.6 Å². The molecule has 0 aliphatic heterocycles. The van der Waals surface area contributed by atoms with Gasteiger partial charge < -0.3 is 10.1 Å². The van der Waals surface area contributed by atoms with Gasteiger partial charge in [0.1, 0.15) is 5.75 Å². The molecule has 1 heterocycles. The number of ether oxygens (including phenoxy) is 1. The summed E-state index contributed by atoms with van der Waals surface area (Å²) in [5.41, 5.74) is 3.13. The van der Waals surface area contributed by atoms with Crippen molar-refractivity contribution in [1.82, 2.24) is 0 Å². The van der Waals surface area contributed by atoms with Crippen LogP contribution in [0.1, 0.15) is 54.9 Å². The molecule has 1 aromatic carbocycles. The van der Waals surface area contributed by atoms with Gasteiger partial charge >= 0.3 is 0 Å². The van der Waals surface area contributed by atoms with Crippen LogP contribution in [0, 0.1) is 11.3 Å². The number of rotatable bonds is 4. The largest absolute Gasteiger partial charge is 0.492 e. The zero-order chi connectivity index (χ0) is 18.0. The van der Waals surface area contributed by atoms with Crippen LogP contribution in [-0.2, 0) is 12.8 Å². The van der Waals surface area contributed by atoms with Crippen LogP contribution in [-0.4, -0.2) is 12.5 Å². The van der Waals surface area contributed by atoms with Gasteiger partial charge in [0.15, 0.2) is 0 Å². The van der Waals surface area contributed by atoms with E-state index < -0.39 is 0 Å². The van der Waals surface area contributed by atoms with Gasteiger partial charge in [-0.1, -0.05) is 32.9 Å². The van der Waals surface area contributed by atoms with Crippen LogP contribution in [0.5, 0.6) is 5.75 Å². The molecule has 0 spiro atoms. The minimum absolute atomic E-state index is 0.0288. The van der Waals surface area contributed by atoms with Gasteiger partial charge in [-0.3, -0.25) is 4.79 Å². The summed E-state index contributed by atoms with van der Waals surface area (Å²) in [6.45, 7) is 9.46. The fraction of sp³-hybridized carbons (Fsp3) is 0.476. The highest BCUT2D eigenvalue weighted by Gasteiger charge is 2.31. The van der Waals surface area contributed by atoms with Gasteiger partial charge in [-0.25, -0.2) is 0 Å². The zero-order valence-corrected chi connectivity index (χ0v) is 16.3. The van der Waals surface area contributed by atoms with Crippen molar-refractivity contribution in [1.29, 1.82) is 0 Å². The van der Waals surface area contributed by atoms with Gasteiger partial charge in [0, 0.05) is 10.3 Å². The van der Waals surface area contributed by atoms with E-state index in [4.69, 9.17) is 4.74 Å². The molecule has 1 N–H and O–H groups in total. The zero-order valence-electron chi connectivity index (χ0n) is 15.5. The van der Waals surface area contributed by atoms with E-state index in [1.807, 2.05) is 36.6 Å². The maximum Gasteiger partial charge on any atom is 0.256 e. The predicted octanol–water partition coefficient (Wildman–Crippen LogP) is 5.55. The molecule has 4 heteroatoms. The molecular weight excluding hydrogens is 330 g/mol. The van der Waals surface area contributed by atoms with Gasteiger partial charge in [0.05, 0.1) is 17.9 Å². The van der Waals surface area contributed by atoms with Gasteiger partial charge in [0.2, 0.25) is 0 Å². The van der Waals surface area contributed by atoms with Gasteiger partial charge in [-0.2, -0.15) is 0 Å². The number of benzene rings is 1. The predicted molar refractivity (Wildman–Crippen MR) is 105 cm³/mol. The number of thiophene rings is 1. The summed E-state index contributed by atoms with van der Waals surface area (Å²) in [5, 5.41) is 5.05. The van der Waals surface area contributed by atoms with Crippen LogP contribution in [0.2, 0.25) is 0 Å². The molecule has 0 radical (unpaired) electrons. The van der Waals surface area contributed by atoms with E-state index in [9.17, 15) is 4.79 Å². The number of hydrogen-bond donors (Lipinski definition) is 1. The van der Waals surface area contributed by atoms with E-state index in [-0.39, 0.29) is 5.91 Å². The van der Waals surface area contributed by atoms with Crippen LogP contribution < -0.4 is 10.1 Å². The number of para-hydroxylation sites is 2. The minimum atomic E-state index is -0.0288. The molecule has 1 unspecified atom stereocenters. The van der Waals surface area contributed by atoms with Crippen molar-refractivity contribution in [3.63, 3.8) is 0 Å². The summed E-state index contributed by atoms with van der Waals surface area (Å²) >= 11 is 1.73. The van der Waals surface area contributed by atoms with E-state index in [1.54, 1.807) is 11.3 Å². The Bertz CT molecular complexity index is 757. The maximum absolute atomic E-state index is 12.8. The normalized spacial score (nSPS) is 17.0. The first-order valence-electron chi connectivity index (χ1n) is 9.02. The highest BCUT2D eigenvalue weighted by Crippen LogP contribution is 2.40. The molecule has 3 rings (SSSR count). The number of carbonyl (C=O) groups excluding carboxylic acids is 1. The lowest BCUT2D eigenvalue weighted by atomic mass is 9.72. The van der Waals surface area contributed by atoms with Gasteiger partial charge in [-0.05, 0) is 55.2 Å². The lowest BCUT2D eigenvalue weighted by molar-refractivity contribution is 0.102. The first-order valence-corrected chi connectivity index (χ1v) is 9.90. The van der Waals surface area contributed by atoms with Crippen LogP contribution in [0.25, 0.3) is 0 Å². The lowest BCUT2D eigenvalue weighted by Gasteiger charge is -2.34. The quantitative estimate of drug-likeness (QED) is 0.779. The Hall–Kier alpha value is -1.81. The van der Waals surface area contributed by atoms with E-state index in [0.29, 0.717) is 17.9 Å². The molecule has 25 heavy (non-hydrogen) atoms. The van der Waals surface area contributed by atoms with Crippen molar-refractivity contribution in [2.75, 3.05) is 11.9 Å². The molecular formula is C21H27NO2S. The first kappa shape index (κ1) is 18.0. The molecule has 1 aliphatic rings. The second kappa shape index (κ2) is 7.20. The fourth-order valence-electron chi connectivity index (χ4n) is 3.48. The van der Waals surface area contributed by atoms with Crippen LogP contribution in [0.4, 0.5) is 5.69 Å². The molecule has 134 valence electrons. The molecule has 0 saturated heterocycles.